The summed E-state index contributed by atoms with van der Waals surface area (Å²) in [5.74, 6) is 0. The first kappa shape index (κ1) is 45.1. The first-order valence-electron chi connectivity index (χ1n) is 19.2. The van der Waals surface area contributed by atoms with Crippen molar-refractivity contribution in [3.63, 3.8) is 0 Å². The number of halogens is 1. The SMILES string of the molecule is [Cl-].[Ni].c1ccc(P(c2ccccc2)c2ccccc2)cc1.c1ccc(P(c2ccccc2)c2ccccc2)cc1.c1ccc(P(c2ccccc2)c2ccccc2)cc1. The Morgan fingerprint density at radius 1 is 0.153 bits per heavy atom. The molecule has 9 rings (SSSR count). The molecule has 0 aliphatic carbocycles. The third kappa shape index (κ3) is 13.0. The van der Waals surface area contributed by atoms with Gasteiger partial charge >= 0.3 is 0 Å². The molecule has 0 amide bonds. The fourth-order valence-electron chi connectivity index (χ4n) is 6.54. The summed E-state index contributed by atoms with van der Waals surface area (Å²) in [6.45, 7) is 0. The van der Waals surface area contributed by atoms with Gasteiger partial charge in [-0.3, -0.25) is 0 Å². The third-order valence-electron chi connectivity index (χ3n) is 9.13. The van der Waals surface area contributed by atoms with E-state index in [4.69, 9.17) is 0 Å². The molecule has 0 radical (unpaired) electrons. The van der Waals surface area contributed by atoms with Crippen LogP contribution in [-0.2, 0) is 16.5 Å². The van der Waals surface area contributed by atoms with Gasteiger partial charge in [0.15, 0.2) is 0 Å². The first-order valence-corrected chi connectivity index (χ1v) is 23.2. The summed E-state index contributed by atoms with van der Waals surface area (Å²) in [6, 6.07) is 97.0. The molecule has 0 fully saturated rings. The maximum atomic E-state index is 2.23. The van der Waals surface area contributed by atoms with Crippen LogP contribution in [0.2, 0.25) is 0 Å². The van der Waals surface area contributed by atoms with E-state index in [-0.39, 0.29) is 28.9 Å². The molecule has 0 heterocycles. The van der Waals surface area contributed by atoms with Crippen LogP contribution in [0.15, 0.2) is 273 Å². The molecule has 9 aromatic carbocycles. The second kappa shape index (κ2) is 24.9. The predicted octanol–water partition coefficient (Wildman–Crippen LogP) is 7.34. The van der Waals surface area contributed by atoms with E-state index in [1.54, 1.807) is 0 Å². The Morgan fingerprint density at radius 2 is 0.237 bits per heavy atom. The molecule has 0 saturated heterocycles. The van der Waals surface area contributed by atoms with Crippen molar-refractivity contribution in [1.29, 1.82) is 0 Å². The second-order valence-electron chi connectivity index (χ2n) is 13.0. The molecule has 0 aliphatic rings. The van der Waals surface area contributed by atoms with Gasteiger partial charge in [0.05, 0.1) is 0 Å². The van der Waals surface area contributed by atoms with E-state index >= 15 is 0 Å². The molecule has 0 saturated carbocycles. The van der Waals surface area contributed by atoms with Gasteiger partial charge in [-0.1, -0.05) is 273 Å². The largest absolute Gasteiger partial charge is 1.00 e. The van der Waals surface area contributed by atoms with Crippen molar-refractivity contribution in [1.82, 2.24) is 0 Å². The third-order valence-corrected chi connectivity index (χ3v) is 16.5. The van der Waals surface area contributed by atoms with Crippen LogP contribution in [0.25, 0.3) is 0 Å². The van der Waals surface area contributed by atoms with Crippen LogP contribution in [0.3, 0.4) is 0 Å². The summed E-state index contributed by atoms with van der Waals surface area (Å²) in [7, 11) is -1.34. The number of hydrogen-bond acceptors (Lipinski definition) is 0. The first-order chi connectivity index (χ1) is 28.3. The van der Waals surface area contributed by atoms with Crippen LogP contribution in [0, 0.1) is 0 Å². The summed E-state index contributed by atoms with van der Waals surface area (Å²) in [5, 5.41) is 12.6. The quantitative estimate of drug-likeness (QED) is 0.105. The van der Waals surface area contributed by atoms with Crippen LogP contribution in [-0.4, -0.2) is 0 Å². The average Bonchev–Trinajstić information content (AvgIpc) is 3.30. The van der Waals surface area contributed by atoms with E-state index in [9.17, 15) is 0 Å². The van der Waals surface area contributed by atoms with Crippen molar-refractivity contribution in [2.24, 2.45) is 0 Å². The molecule has 0 atom stereocenters. The molecule has 0 bridgehead atoms. The monoisotopic (exact) mass is 879 g/mol. The van der Waals surface area contributed by atoms with E-state index in [2.05, 4.69) is 273 Å². The molecule has 59 heavy (non-hydrogen) atoms. The maximum absolute atomic E-state index is 2.23. The van der Waals surface area contributed by atoms with Crippen LogP contribution >= 0.6 is 23.8 Å². The second-order valence-corrected chi connectivity index (χ2v) is 19.7. The van der Waals surface area contributed by atoms with Gasteiger partial charge in [0.2, 0.25) is 0 Å². The zero-order valence-corrected chi connectivity index (χ0v) is 36.9. The molecule has 0 aliphatic heterocycles. The van der Waals surface area contributed by atoms with Gasteiger partial charge in [0.1, 0.15) is 0 Å². The molecule has 0 N–H and O–H groups in total. The van der Waals surface area contributed by atoms with E-state index in [1.807, 2.05) is 0 Å². The Morgan fingerprint density at radius 3 is 0.322 bits per heavy atom. The van der Waals surface area contributed by atoms with Crippen molar-refractivity contribution in [2.75, 3.05) is 0 Å². The van der Waals surface area contributed by atoms with Gasteiger partial charge in [-0.2, -0.15) is 0 Å². The van der Waals surface area contributed by atoms with E-state index < -0.39 is 23.8 Å². The van der Waals surface area contributed by atoms with E-state index in [0.717, 1.165) is 0 Å². The molecule has 0 unspecified atom stereocenters. The minimum atomic E-state index is -0.446. The van der Waals surface area contributed by atoms with E-state index in [1.165, 1.54) is 47.7 Å². The Kier molecular flexibility index (Phi) is 19.0. The van der Waals surface area contributed by atoms with Crippen LogP contribution < -0.4 is 60.1 Å². The molecule has 0 aromatic heterocycles. The molecular formula is C54H45ClNiP3-. The zero-order chi connectivity index (χ0) is 38.7. The number of hydrogen-bond donors (Lipinski definition) is 0. The molecule has 9 aromatic rings. The van der Waals surface area contributed by atoms with Crippen molar-refractivity contribution in [3.05, 3.63) is 273 Å². The smallest absolute Gasteiger partial charge is 0 e. The summed E-state index contributed by atoms with van der Waals surface area (Å²) < 4.78 is 0. The van der Waals surface area contributed by atoms with Crippen molar-refractivity contribution in [3.8, 4) is 0 Å². The average molecular weight is 881 g/mol. The fourth-order valence-corrected chi connectivity index (χ4v) is 13.5. The van der Waals surface area contributed by atoms with Crippen molar-refractivity contribution in [2.45, 2.75) is 0 Å². The molecule has 5 heteroatoms. The fraction of sp³-hybridized carbons (Fsp3) is 0. The van der Waals surface area contributed by atoms with Gasteiger partial charge in [0, 0.05) is 16.5 Å². The molecule has 0 nitrogen and oxygen atoms in total. The normalized spacial score (nSPS) is 10.2. The van der Waals surface area contributed by atoms with Gasteiger partial charge in [-0.25, -0.2) is 0 Å². The number of benzene rings is 9. The van der Waals surface area contributed by atoms with Gasteiger partial charge in [-0.05, 0) is 71.5 Å². The topological polar surface area (TPSA) is 0 Å². The Balaban J connectivity index is 0.000000165. The van der Waals surface area contributed by atoms with Crippen LogP contribution in [0.1, 0.15) is 0 Å². The predicted molar refractivity (Wildman–Crippen MR) is 255 cm³/mol. The Hall–Kier alpha value is -4.95. The van der Waals surface area contributed by atoms with Gasteiger partial charge in [-0.15, -0.1) is 0 Å². The number of rotatable bonds is 9. The van der Waals surface area contributed by atoms with Crippen molar-refractivity contribution < 1.29 is 28.9 Å². The maximum Gasteiger partial charge on any atom is 0 e. The van der Waals surface area contributed by atoms with Crippen molar-refractivity contribution >= 4 is 71.5 Å². The Labute approximate surface area is 371 Å². The Bertz CT molecular complexity index is 1870. The summed E-state index contributed by atoms with van der Waals surface area (Å²) in [5.41, 5.74) is 0. The van der Waals surface area contributed by atoms with Crippen LogP contribution in [0.4, 0.5) is 0 Å². The molecule has 294 valence electrons. The van der Waals surface area contributed by atoms with E-state index in [0.29, 0.717) is 0 Å². The standard InChI is InChI=1S/3C18H15P.ClH.Ni/c3*1-4-10-16(11-5-1)19(17-12-6-2-7-13-17)18-14-8-3-9-15-18;;/h3*1-15H;1H;/p-1. The minimum Gasteiger partial charge on any atom is -1.00 e. The summed E-state index contributed by atoms with van der Waals surface area (Å²) in [4.78, 5) is 0. The summed E-state index contributed by atoms with van der Waals surface area (Å²) >= 11 is 0. The van der Waals surface area contributed by atoms with Gasteiger partial charge < -0.3 is 12.4 Å². The van der Waals surface area contributed by atoms with Gasteiger partial charge in [0.25, 0.3) is 0 Å². The van der Waals surface area contributed by atoms with Crippen LogP contribution in [0.5, 0.6) is 0 Å². The minimum absolute atomic E-state index is 0. The zero-order valence-electron chi connectivity index (χ0n) is 32.5. The molecule has 0 spiro atoms. The summed E-state index contributed by atoms with van der Waals surface area (Å²) in [6.07, 6.45) is 0. The molecular weight excluding hydrogens is 836 g/mol.